The van der Waals surface area contributed by atoms with Gasteiger partial charge in [-0.3, -0.25) is 0 Å². The molecule has 0 fully saturated rings. The summed E-state index contributed by atoms with van der Waals surface area (Å²) in [5.74, 6) is -0.351. The van der Waals surface area contributed by atoms with Gasteiger partial charge in [0.05, 0.1) is 11.7 Å². The topological polar surface area (TPSA) is 38.3 Å². The SMILES string of the molecule is CCC1(C(=O)OC(C)C)CCc2cc(C(F)(F)F)ccc2N1. The van der Waals surface area contributed by atoms with Crippen molar-refractivity contribution < 1.29 is 22.7 Å². The van der Waals surface area contributed by atoms with Gasteiger partial charge in [-0.2, -0.15) is 13.2 Å². The molecular formula is C16H20F3NO2. The smallest absolute Gasteiger partial charge is 0.416 e. The van der Waals surface area contributed by atoms with Crippen LogP contribution in [0.3, 0.4) is 0 Å². The third-order valence-corrected chi connectivity index (χ3v) is 3.96. The fraction of sp³-hybridized carbons (Fsp3) is 0.562. The highest BCUT2D eigenvalue weighted by atomic mass is 19.4. The molecule has 1 atom stereocenters. The summed E-state index contributed by atoms with van der Waals surface area (Å²) in [5.41, 5.74) is -0.378. The molecule has 22 heavy (non-hydrogen) atoms. The Bertz CT molecular complexity index is 569. The van der Waals surface area contributed by atoms with Crippen molar-refractivity contribution in [1.82, 2.24) is 0 Å². The lowest BCUT2D eigenvalue weighted by Gasteiger charge is -2.37. The van der Waals surface area contributed by atoms with E-state index in [4.69, 9.17) is 4.74 Å². The number of carbonyl (C=O) groups is 1. The van der Waals surface area contributed by atoms with Crippen LogP contribution in [0.1, 0.15) is 44.7 Å². The first-order valence-electron chi connectivity index (χ1n) is 7.37. The molecule has 1 unspecified atom stereocenters. The van der Waals surface area contributed by atoms with Crippen molar-refractivity contribution in [2.45, 2.75) is 57.9 Å². The number of benzene rings is 1. The molecule has 1 aromatic rings. The number of rotatable bonds is 3. The van der Waals surface area contributed by atoms with Crippen molar-refractivity contribution in [3.63, 3.8) is 0 Å². The Morgan fingerprint density at radius 1 is 1.41 bits per heavy atom. The second-order valence-corrected chi connectivity index (χ2v) is 5.88. The van der Waals surface area contributed by atoms with Gasteiger partial charge < -0.3 is 10.1 Å². The van der Waals surface area contributed by atoms with Gasteiger partial charge in [0.2, 0.25) is 0 Å². The molecule has 6 heteroatoms. The summed E-state index contributed by atoms with van der Waals surface area (Å²) in [6.45, 7) is 5.41. The molecule has 0 amide bonds. The number of ether oxygens (including phenoxy) is 1. The maximum Gasteiger partial charge on any atom is 0.416 e. The van der Waals surface area contributed by atoms with E-state index in [0.29, 0.717) is 30.5 Å². The van der Waals surface area contributed by atoms with Crippen LogP contribution in [0.2, 0.25) is 0 Å². The summed E-state index contributed by atoms with van der Waals surface area (Å²) >= 11 is 0. The number of alkyl halides is 3. The first-order chi connectivity index (χ1) is 10.2. The molecule has 0 saturated carbocycles. The van der Waals surface area contributed by atoms with Crippen LogP contribution >= 0.6 is 0 Å². The lowest BCUT2D eigenvalue weighted by molar-refractivity contribution is -0.153. The van der Waals surface area contributed by atoms with Gasteiger partial charge in [-0.15, -0.1) is 0 Å². The molecule has 1 aromatic carbocycles. The minimum absolute atomic E-state index is 0.230. The molecule has 122 valence electrons. The second kappa shape index (κ2) is 5.82. The second-order valence-electron chi connectivity index (χ2n) is 5.88. The summed E-state index contributed by atoms with van der Waals surface area (Å²) in [5, 5.41) is 3.10. The van der Waals surface area contributed by atoms with E-state index in [0.717, 1.165) is 12.1 Å². The summed E-state index contributed by atoms with van der Waals surface area (Å²) in [4.78, 5) is 12.3. The molecule has 1 heterocycles. The zero-order chi connectivity index (χ0) is 16.5. The molecule has 1 N–H and O–H groups in total. The Kier molecular flexibility index (Phi) is 4.40. The highest BCUT2D eigenvalue weighted by molar-refractivity contribution is 5.86. The Morgan fingerprint density at radius 2 is 2.09 bits per heavy atom. The van der Waals surface area contributed by atoms with E-state index in [1.807, 2.05) is 6.92 Å². The summed E-state index contributed by atoms with van der Waals surface area (Å²) < 4.78 is 43.6. The van der Waals surface area contributed by atoms with Gasteiger partial charge in [-0.05, 0) is 56.9 Å². The monoisotopic (exact) mass is 315 g/mol. The predicted octanol–water partition coefficient (Wildman–Crippen LogP) is 4.16. The van der Waals surface area contributed by atoms with Gasteiger partial charge >= 0.3 is 12.1 Å². The molecule has 0 spiro atoms. The Morgan fingerprint density at radius 3 is 2.64 bits per heavy atom. The summed E-state index contributed by atoms with van der Waals surface area (Å²) in [6.07, 6.45) is -3.24. The van der Waals surface area contributed by atoms with Gasteiger partial charge in [0.1, 0.15) is 5.54 Å². The van der Waals surface area contributed by atoms with E-state index < -0.39 is 17.3 Å². The average molecular weight is 315 g/mol. The maximum absolute atomic E-state index is 12.8. The molecule has 0 saturated heterocycles. The van der Waals surface area contributed by atoms with Crippen LogP contribution in [0.5, 0.6) is 0 Å². The maximum atomic E-state index is 12.8. The van der Waals surface area contributed by atoms with Crippen molar-refractivity contribution in [1.29, 1.82) is 0 Å². The number of hydrogen-bond donors (Lipinski definition) is 1. The number of aryl methyl sites for hydroxylation is 1. The zero-order valence-corrected chi connectivity index (χ0v) is 12.9. The van der Waals surface area contributed by atoms with Crippen LogP contribution in [0, 0.1) is 0 Å². The Labute approximate surface area is 127 Å². The van der Waals surface area contributed by atoms with Crippen LogP contribution in [-0.4, -0.2) is 17.6 Å². The highest BCUT2D eigenvalue weighted by Crippen LogP contribution is 2.38. The van der Waals surface area contributed by atoms with Crippen molar-refractivity contribution >= 4 is 11.7 Å². The highest BCUT2D eigenvalue weighted by Gasteiger charge is 2.42. The van der Waals surface area contributed by atoms with Gasteiger partial charge in [0.25, 0.3) is 0 Å². The van der Waals surface area contributed by atoms with E-state index in [1.165, 1.54) is 6.07 Å². The third-order valence-electron chi connectivity index (χ3n) is 3.96. The molecule has 3 nitrogen and oxygen atoms in total. The molecule has 0 aliphatic carbocycles. The fourth-order valence-corrected chi connectivity index (χ4v) is 2.66. The Hall–Kier alpha value is -1.72. The quantitative estimate of drug-likeness (QED) is 0.851. The number of nitrogens with one attached hydrogen (secondary N) is 1. The lowest BCUT2D eigenvalue weighted by atomic mass is 9.83. The molecular weight excluding hydrogens is 295 g/mol. The summed E-state index contributed by atoms with van der Waals surface area (Å²) in [6, 6.07) is 3.57. The van der Waals surface area contributed by atoms with Crippen LogP contribution < -0.4 is 5.32 Å². The number of carbonyl (C=O) groups excluding carboxylic acids is 1. The molecule has 1 aliphatic rings. The van der Waals surface area contributed by atoms with Gasteiger partial charge in [-0.1, -0.05) is 6.92 Å². The van der Waals surface area contributed by atoms with Crippen molar-refractivity contribution in [3.05, 3.63) is 29.3 Å². The molecule has 0 bridgehead atoms. The van der Waals surface area contributed by atoms with Crippen molar-refractivity contribution in [2.75, 3.05) is 5.32 Å². The molecule has 0 radical (unpaired) electrons. The molecule has 0 aromatic heterocycles. The minimum Gasteiger partial charge on any atom is -0.461 e. The largest absolute Gasteiger partial charge is 0.461 e. The molecule has 2 rings (SSSR count). The normalized spacial score (nSPS) is 21.2. The third kappa shape index (κ3) is 3.20. The first-order valence-corrected chi connectivity index (χ1v) is 7.37. The fourth-order valence-electron chi connectivity index (χ4n) is 2.66. The number of anilines is 1. The minimum atomic E-state index is -4.36. The zero-order valence-electron chi connectivity index (χ0n) is 12.9. The van der Waals surface area contributed by atoms with Crippen LogP contribution in [0.15, 0.2) is 18.2 Å². The summed E-state index contributed by atoms with van der Waals surface area (Å²) in [7, 11) is 0. The molecule has 1 aliphatic heterocycles. The van der Waals surface area contributed by atoms with E-state index in [-0.39, 0.29) is 12.1 Å². The lowest BCUT2D eigenvalue weighted by Crippen LogP contribution is -2.50. The standard InChI is InChI=1S/C16H20F3NO2/c1-4-15(14(21)22-10(2)3)8-7-11-9-12(16(17,18)19)5-6-13(11)20-15/h5-6,9-10,20H,4,7-8H2,1-3H3. The number of fused-ring (bicyclic) bond motifs is 1. The van der Waals surface area contributed by atoms with E-state index in [1.54, 1.807) is 13.8 Å². The predicted molar refractivity (Wildman–Crippen MR) is 77.6 cm³/mol. The van der Waals surface area contributed by atoms with Crippen LogP contribution in [-0.2, 0) is 22.1 Å². The van der Waals surface area contributed by atoms with Gasteiger partial charge in [0, 0.05) is 5.69 Å². The Balaban J connectivity index is 2.29. The van der Waals surface area contributed by atoms with Crippen LogP contribution in [0.4, 0.5) is 18.9 Å². The number of esters is 1. The number of halogens is 3. The first kappa shape index (κ1) is 16.6. The van der Waals surface area contributed by atoms with Crippen molar-refractivity contribution in [2.24, 2.45) is 0 Å². The number of hydrogen-bond acceptors (Lipinski definition) is 3. The van der Waals surface area contributed by atoms with E-state index >= 15 is 0 Å². The van der Waals surface area contributed by atoms with Gasteiger partial charge in [-0.25, -0.2) is 4.79 Å². The van der Waals surface area contributed by atoms with E-state index in [2.05, 4.69) is 5.32 Å². The van der Waals surface area contributed by atoms with Crippen LogP contribution in [0.25, 0.3) is 0 Å². The van der Waals surface area contributed by atoms with E-state index in [9.17, 15) is 18.0 Å². The average Bonchev–Trinajstić information content (AvgIpc) is 2.44. The van der Waals surface area contributed by atoms with Gasteiger partial charge in [0.15, 0.2) is 0 Å². The van der Waals surface area contributed by atoms with Crippen molar-refractivity contribution in [3.8, 4) is 0 Å².